The van der Waals surface area contributed by atoms with Crippen LogP contribution in [-0.4, -0.2) is 96.0 Å². The Morgan fingerprint density at radius 2 is 1.05 bits per heavy atom. The van der Waals surface area contributed by atoms with Crippen LogP contribution in [0.25, 0.3) is 0 Å². The van der Waals surface area contributed by atoms with Crippen molar-refractivity contribution in [2.24, 2.45) is 0 Å². The molecule has 6 atom stereocenters. The van der Waals surface area contributed by atoms with Crippen LogP contribution in [0.1, 0.15) is 200 Å². The summed E-state index contributed by atoms with van der Waals surface area (Å²) in [7, 11) is -4.61. The van der Waals surface area contributed by atoms with Crippen molar-refractivity contribution in [2.45, 2.75) is 237 Å². The second-order valence-electron chi connectivity index (χ2n) is 16.4. The van der Waals surface area contributed by atoms with E-state index in [9.17, 15) is 37.9 Å². The van der Waals surface area contributed by atoms with E-state index in [1.165, 1.54) is 128 Å². The van der Waals surface area contributed by atoms with Crippen LogP contribution >= 0.6 is 0 Å². The minimum atomic E-state index is -4.61. The molecular formula is C46H84O12S. The molecule has 13 heteroatoms. The summed E-state index contributed by atoms with van der Waals surface area (Å²) in [5, 5.41) is 30.9. The molecule has 12 nitrogen and oxygen atoms in total. The van der Waals surface area contributed by atoms with Gasteiger partial charge in [-0.2, -0.15) is 8.42 Å². The number of carbonyl (C=O) groups is 2. The molecular weight excluding hydrogens is 777 g/mol. The molecule has 0 aromatic rings. The van der Waals surface area contributed by atoms with Crippen LogP contribution in [0.4, 0.5) is 0 Å². The predicted molar refractivity (Wildman–Crippen MR) is 233 cm³/mol. The number of carbonyl (C=O) groups excluding carboxylic acids is 2. The molecule has 346 valence electrons. The van der Waals surface area contributed by atoms with Gasteiger partial charge >= 0.3 is 11.9 Å². The molecule has 0 saturated carbocycles. The third-order valence-electron chi connectivity index (χ3n) is 10.8. The van der Waals surface area contributed by atoms with E-state index in [0.29, 0.717) is 12.8 Å². The van der Waals surface area contributed by atoms with Gasteiger partial charge in [-0.15, -0.1) is 0 Å². The van der Waals surface area contributed by atoms with Gasteiger partial charge in [-0.05, 0) is 32.1 Å². The number of rotatable bonds is 39. The zero-order valence-electron chi connectivity index (χ0n) is 36.9. The molecule has 1 aliphatic rings. The summed E-state index contributed by atoms with van der Waals surface area (Å²) in [6, 6.07) is 0. The van der Waals surface area contributed by atoms with Crippen LogP contribution in [0.3, 0.4) is 0 Å². The molecule has 1 rings (SSSR count). The highest BCUT2D eigenvalue weighted by Gasteiger charge is 2.46. The summed E-state index contributed by atoms with van der Waals surface area (Å²) < 4.78 is 54.0. The average molecular weight is 861 g/mol. The molecule has 0 bridgehead atoms. The van der Waals surface area contributed by atoms with Crippen molar-refractivity contribution >= 4 is 22.1 Å². The Morgan fingerprint density at radius 3 is 1.56 bits per heavy atom. The fourth-order valence-corrected chi connectivity index (χ4v) is 7.83. The summed E-state index contributed by atoms with van der Waals surface area (Å²) in [4.78, 5) is 25.4. The maximum Gasteiger partial charge on any atom is 0.306 e. The summed E-state index contributed by atoms with van der Waals surface area (Å²) >= 11 is 0. The number of allylic oxidation sites excluding steroid dienone is 4. The van der Waals surface area contributed by atoms with Gasteiger partial charge in [0.2, 0.25) is 0 Å². The summed E-state index contributed by atoms with van der Waals surface area (Å²) in [6.45, 7) is 3.72. The van der Waals surface area contributed by atoms with Gasteiger partial charge in [-0.1, -0.05) is 179 Å². The zero-order chi connectivity index (χ0) is 43.4. The Balaban J connectivity index is 2.43. The lowest BCUT2D eigenvalue weighted by atomic mass is 10.00. The molecule has 1 saturated heterocycles. The van der Waals surface area contributed by atoms with Crippen molar-refractivity contribution in [3.05, 3.63) is 24.3 Å². The first-order chi connectivity index (χ1) is 28.5. The van der Waals surface area contributed by atoms with E-state index in [2.05, 4.69) is 26.0 Å². The van der Waals surface area contributed by atoms with E-state index in [1.807, 2.05) is 12.2 Å². The molecule has 3 unspecified atom stereocenters. The Kier molecular flexibility index (Phi) is 34.4. The highest BCUT2D eigenvalue weighted by Crippen LogP contribution is 2.24. The van der Waals surface area contributed by atoms with Gasteiger partial charge in [0.15, 0.2) is 12.4 Å². The Hall–Kier alpha value is -1.87. The second-order valence-corrected chi connectivity index (χ2v) is 17.9. The fraction of sp³-hybridized carbons (Fsp3) is 0.870. The third kappa shape index (κ3) is 31.6. The molecule has 0 amide bonds. The van der Waals surface area contributed by atoms with Gasteiger partial charge in [-0.25, -0.2) is 0 Å². The molecule has 59 heavy (non-hydrogen) atoms. The maximum atomic E-state index is 12.8. The largest absolute Gasteiger partial charge is 0.462 e. The lowest BCUT2D eigenvalue weighted by molar-refractivity contribution is -0.297. The van der Waals surface area contributed by atoms with E-state index >= 15 is 0 Å². The third-order valence-corrected chi connectivity index (χ3v) is 11.5. The molecule has 1 fully saturated rings. The van der Waals surface area contributed by atoms with Crippen molar-refractivity contribution in [3.63, 3.8) is 0 Å². The van der Waals surface area contributed by atoms with Gasteiger partial charge in [0, 0.05) is 12.8 Å². The number of esters is 2. The van der Waals surface area contributed by atoms with Gasteiger partial charge in [0.05, 0.1) is 6.61 Å². The minimum absolute atomic E-state index is 0.0611. The summed E-state index contributed by atoms with van der Waals surface area (Å²) in [5.41, 5.74) is 0. The van der Waals surface area contributed by atoms with E-state index in [4.69, 9.17) is 18.9 Å². The number of unbranched alkanes of at least 4 members (excludes halogenated alkanes) is 23. The number of hydrogen-bond acceptors (Lipinski definition) is 11. The lowest BCUT2D eigenvalue weighted by Crippen LogP contribution is -2.60. The monoisotopic (exact) mass is 861 g/mol. The second kappa shape index (κ2) is 36.8. The summed E-state index contributed by atoms with van der Waals surface area (Å²) in [5.74, 6) is -2.06. The molecule has 1 aliphatic heterocycles. The van der Waals surface area contributed by atoms with Gasteiger partial charge < -0.3 is 34.3 Å². The van der Waals surface area contributed by atoms with Crippen LogP contribution in [0.15, 0.2) is 24.3 Å². The highest BCUT2D eigenvalue weighted by atomic mass is 32.2. The van der Waals surface area contributed by atoms with Gasteiger partial charge in [-0.3, -0.25) is 14.1 Å². The Labute approximate surface area is 358 Å². The maximum absolute atomic E-state index is 12.8. The molecule has 0 spiro atoms. The highest BCUT2D eigenvalue weighted by molar-refractivity contribution is 7.85. The topological polar surface area (TPSA) is 186 Å². The molecule has 0 aliphatic carbocycles. The predicted octanol–water partition coefficient (Wildman–Crippen LogP) is 9.62. The van der Waals surface area contributed by atoms with E-state index < -0.39 is 71.2 Å². The van der Waals surface area contributed by atoms with E-state index in [1.54, 1.807) is 0 Å². The van der Waals surface area contributed by atoms with Crippen LogP contribution in [0.5, 0.6) is 0 Å². The average Bonchev–Trinajstić information content (AvgIpc) is 3.20. The van der Waals surface area contributed by atoms with Crippen LogP contribution < -0.4 is 0 Å². The van der Waals surface area contributed by atoms with Crippen molar-refractivity contribution in [2.75, 3.05) is 19.0 Å². The first-order valence-electron chi connectivity index (χ1n) is 23.4. The molecule has 0 aromatic carbocycles. The van der Waals surface area contributed by atoms with Crippen molar-refractivity contribution in [3.8, 4) is 0 Å². The van der Waals surface area contributed by atoms with Crippen LogP contribution in [-0.2, 0) is 38.7 Å². The molecule has 4 N–H and O–H groups in total. The van der Waals surface area contributed by atoms with Gasteiger partial charge in [0.1, 0.15) is 36.8 Å². The standard InChI is InChI=1S/C46H84O12S/c1-3-5-7-9-11-13-15-17-18-19-20-21-23-24-26-28-30-32-34-41(47)55-36-39(37-56-46-45(51)44(50)43(49)40(58-46)38-59(52,53)54)57-42(48)35-33-31-29-27-25-22-16-14-12-10-8-6-4-2/h22,25,29,31,39-40,43-46,49-51H,3-21,23-24,26-28,30,32-38H2,1-2H3,(H,52,53,54)/b25-22+,31-29+/t39?,40-,43-,44?,45?,46+/m1/s1. The van der Waals surface area contributed by atoms with E-state index in [0.717, 1.165) is 32.1 Å². The van der Waals surface area contributed by atoms with Gasteiger partial charge in [0.25, 0.3) is 10.1 Å². The molecule has 1 heterocycles. The molecule has 0 aromatic heterocycles. The lowest BCUT2D eigenvalue weighted by Gasteiger charge is -2.40. The van der Waals surface area contributed by atoms with Crippen molar-refractivity contribution in [1.82, 2.24) is 0 Å². The quantitative estimate of drug-likeness (QED) is 0.0199. The van der Waals surface area contributed by atoms with Crippen molar-refractivity contribution in [1.29, 1.82) is 0 Å². The first kappa shape index (κ1) is 55.1. The van der Waals surface area contributed by atoms with Crippen molar-refractivity contribution < 1.29 is 56.8 Å². The fourth-order valence-electron chi connectivity index (χ4n) is 7.14. The Morgan fingerprint density at radius 1 is 0.576 bits per heavy atom. The smallest absolute Gasteiger partial charge is 0.306 e. The number of hydrogen-bond donors (Lipinski definition) is 4. The van der Waals surface area contributed by atoms with Crippen LogP contribution in [0.2, 0.25) is 0 Å². The number of aliphatic hydroxyl groups is 3. The molecule has 0 radical (unpaired) electrons. The summed E-state index contributed by atoms with van der Waals surface area (Å²) in [6.07, 6.45) is 31.0. The number of ether oxygens (including phenoxy) is 4. The normalized spacial score (nSPS) is 20.4. The van der Waals surface area contributed by atoms with E-state index in [-0.39, 0.29) is 19.4 Å². The minimum Gasteiger partial charge on any atom is -0.462 e. The SMILES string of the molecule is CCCCCCCC/C=C/C/C=C/CCC(=O)OC(COC(=O)CCCCCCCCCCCCCCCCCCCC)CO[C@H]1O[C@H](CS(=O)(=O)O)[C@@H](O)C(O)C1O. The first-order valence-corrected chi connectivity index (χ1v) is 25.0. The zero-order valence-corrected chi connectivity index (χ0v) is 37.7. The Bertz CT molecular complexity index is 1190. The van der Waals surface area contributed by atoms with Crippen LogP contribution in [0, 0.1) is 0 Å². The number of aliphatic hydroxyl groups excluding tert-OH is 3.